The summed E-state index contributed by atoms with van der Waals surface area (Å²) >= 11 is 0. The van der Waals surface area contributed by atoms with Crippen LogP contribution in [0, 0.1) is 5.41 Å². The average molecular weight is 262 g/mol. The summed E-state index contributed by atoms with van der Waals surface area (Å²) in [7, 11) is 0. The predicted octanol–water partition coefficient (Wildman–Crippen LogP) is 1.46. The molecule has 19 heavy (non-hydrogen) atoms. The molecule has 0 aromatic carbocycles. The van der Waals surface area contributed by atoms with Crippen LogP contribution in [-0.4, -0.2) is 27.9 Å². The Morgan fingerprint density at radius 3 is 2.42 bits per heavy atom. The van der Waals surface area contributed by atoms with Gasteiger partial charge in [-0.05, 0) is 17.5 Å². The molecule has 1 aromatic heterocycles. The zero-order valence-corrected chi connectivity index (χ0v) is 10.7. The Morgan fingerprint density at radius 2 is 1.89 bits per heavy atom. The van der Waals surface area contributed by atoms with Gasteiger partial charge in [-0.2, -0.15) is 0 Å². The lowest BCUT2D eigenvalue weighted by molar-refractivity contribution is -0.132. The second kappa shape index (κ2) is 4.46. The fourth-order valence-corrected chi connectivity index (χ4v) is 2.14. The zero-order valence-electron chi connectivity index (χ0n) is 10.7. The molecule has 6 heteroatoms. The summed E-state index contributed by atoms with van der Waals surface area (Å²) in [6, 6.07) is 2.69. The van der Waals surface area contributed by atoms with Gasteiger partial charge in [-0.1, -0.05) is 13.8 Å². The maximum Gasteiger partial charge on any atom is 0.354 e. The minimum Gasteiger partial charge on any atom is -0.477 e. The molecule has 0 saturated carbocycles. The minimum atomic E-state index is -1.20. The van der Waals surface area contributed by atoms with Gasteiger partial charge < -0.3 is 5.11 Å². The Labute approximate surface area is 110 Å². The first-order valence-electron chi connectivity index (χ1n) is 5.85. The van der Waals surface area contributed by atoms with Crippen molar-refractivity contribution in [3.63, 3.8) is 0 Å². The van der Waals surface area contributed by atoms with Crippen molar-refractivity contribution in [1.82, 2.24) is 4.98 Å². The van der Waals surface area contributed by atoms with Gasteiger partial charge in [0.2, 0.25) is 11.8 Å². The molecule has 1 N–H and O–H groups in total. The van der Waals surface area contributed by atoms with Crippen molar-refractivity contribution < 1.29 is 19.5 Å². The number of aromatic nitrogens is 1. The maximum atomic E-state index is 12.0. The molecule has 1 aliphatic heterocycles. The Kier molecular flexibility index (Phi) is 3.09. The first kappa shape index (κ1) is 13.2. The Hall–Kier alpha value is -2.24. The number of piperidine rings is 1. The van der Waals surface area contributed by atoms with Gasteiger partial charge in [-0.15, -0.1) is 0 Å². The number of carboxylic acids is 1. The van der Waals surface area contributed by atoms with E-state index >= 15 is 0 Å². The summed E-state index contributed by atoms with van der Waals surface area (Å²) in [6.45, 7) is 3.71. The lowest BCUT2D eigenvalue weighted by Crippen LogP contribution is -2.46. The van der Waals surface area contributed by atoms with E-state index in [-0.39, 0.29) is 41.5 Å². The molecule has 0 unspecified atom stereocenters. The number of pyridine rings is 1. The highest BCUT2D eigenvalue weighted by atomic mass is 16.4. The van der Waals surface area contributed by atoms with Crippen molar-refractivity contribution in [3.8, 4) is 0 Å². The van der Waals surface area contributed by atoms with Crippen LogP contribution in [0.4, 0.5) is 5.69 Å². The van der Waals surface area contributed by atoms with E-state index in [9.17, 15) is 14.4 Å². The topological polar surface area (TPSA) is 87.6 Å². The number of anilines is 1. The summed E-state index contributed by atoms with van der Waals surface area (Å²) in [5, 5.41) is 8.87. The molecule has 2 heterocycles. The summed E-state index contributed by atoms with van der Waals surface area (Å²) in [5.74, 6) is -1.83. The summed E-state index contributed by atoms with van der Waals surface area (Å²) < 4.78 is 0. The SMILES string of the molecule is CC1(C)CC(=O)N(c2ccnc(C(=O)O)c2)C(=O)C1. The number of nitrogens with zero attached hydrogens (tertiary/aromatic N) is 2. The maximum absolute atomic E-state index is 12.0. The van der Waals surface area contributed by atoms with Gasteiger partial charge in [-0.3, -0.25) is 14.5 Å². The van der Waals surface area contributed by atoms with Crippen LogP contribution in [0.3, 0.4) is 0 Å². The van der Waals surface area contributed by atoms with E-state index in [2.05, 4.69) is 4.98 Å². The van der Waals surface area contributed by atoms with E-state index < -0.39 is 5.97 Å². The van der Waals surface area contributed by atoms with Crippen LogP contribution in [-0.2, 0) is 9.59 Å². The van der Waals surface area contributed by atoms with Gasteiger partial charge >= 0.3 is 5.97 Å². The van der Waals surface area contributed by atoms with E-state index in [1.807, 2.05) is 13.8 Å². The number of carbonyl (C=O) groups excluding carboxylic acids is 2. The fourth-order valence-electron chi connectivity index (χ4n) is 2.14. The second-order valence-corrected chi connectivity index (χ2v) is 5.35. The quantitative estimate of drug-likeness (QED) is 0.815. The highest BCUT2D eigenvalue weighted by Crippen LogP contribution is 2.33. The van der Waals surface area contributed by atoms with E-state index in [0.717, 1.165) is 4.90 Å². The van der Waals surface area contributed by atoms with E-state index in [4.69, 9.17) is 5.11 Å². The highest BCUT2D eigenvalue weighted by Gasteiger charge is 2.38. The first-order valence-corrected chi connectivity index (χ1v) is 5.85. The Balaban J connectivity index is 2.36. The molecule has 0 spiro atoms. The number of amides is 2. The van der Waals surface area contributed by atoms with Gasteiger partial charge in [0.25, 0.3) is 0 Å². The van der Waals surface area contributed by atoms with Crippen molar-refractivity contribution in [3.05, 3.63) is 24.0 Å². The number of aromatic carboxylic acids is 1. The van der Waals surface area contributed by atoms with Gasteiger partial charge in [0.05, 0.1) is 5.69 Å². The van der Waals surface area contributed by atoms with Crippen LogP contribution in [0.5, 0.6) is 0 Å². The molecule has 0 atom stereocenters. The van der Waals surface area contributed by atoms with Crippen LogP contribution >= 0.6 is 0 Å². The Morgan fingerprint density at radius 1 is 1.32 bits per heavy atom. The Bertz CT molecular complexity index is 546. The molecule has 0 bridgehead atoms. The number of carboxylic acid groups (broad SMARTS) is 1. The summed E-state index contributed by atoms with van der Waals surface area (Å²) in [6.07, 6.45) is 1.78. The van der Waals surface area contributed by atoms with Gasteiger partial charge in [0.15, 0.2) is 0 Å². The third-order valence-electron chi connectivity index (χ3n) is 2.98. The molecule has 1 saturated heterocycles. The van der Waals surface area contributed by atoms with Crippen LogP contribution in [0.1, 0.15) is 37.2 Å². The van der Waals surface area contributed by atoms with Crippen LogP contribution in [0.25, 0.3) is 0 Å². The lowest BCUT2D eigenvalue weighted by atomic mass is 9.81. The molecular weight excluding hydrogens is 248 g/mol. The predicted molar refractivity (Wildman–Crippen MR) is 66.7 cm³/mol. The van der Waals surface area contributed by atoms with Gasteiger partial charge in [0, 0.05) is 19.0 Å². The summed E-state index contributed by atoms with van der Waals surface area (Å²) in [4.78, 5) is 39.6. The first-order chi connectivity index (χ1) is 8.80. The number of rotatable bonds is 2. The molecule has 1 fully saturated rings. The third kappa shape index (κ3) is 2.62. The molecule has 1 aliphatic rings. The molecular formula is C13H14N2O4. The normalized spacial score (nSPS) is 18.5. The van der Waals surface area contributed by atoms with Crippen molar-refractivity contribution in [1.29, 1.82) is 0 Å². The van der Waals surface area contributed by atoms with Crippen LogP contribution < -0.4 is 4.90 Å². The fraction of sp³-hybridized carbons (Fsp3) is 0.385. The summed E-state index contributed by atoms with van der Waals surface area (Å²) in [5.41, 5.74) is -0.284. The minimum absolute atomic E-state index is 0.192. The standard InChI is InChI=1S/C13H14N2O4/c1-13(2)6-10(16)15(11(17)7-13)8-3-4-14-9(5-8)12(18)19/h3-5H,6-7H2,1-2H3,(H,18,19). The van der Waals surface area contributed by atoms with E-state index in [1.165, 1.54) is 18.3 Å². The van der Waals surface area contributed by atoms with Crippen molar-refractivity contribution in [2.75, 3.05) is 4.90 Å². The van der Waals surface area contributed by atoms with Crippen LogP contribution in [0.2, 0.25) is 0 Å². The smallest absolute Gasteiger partial charge is 0.354 e. The van der Waals surface area contributed by atoms with E-state index in [0.29, 0.717) is 0 Å². The number of hydrogen-bond donors (Lipinski definition) is 1. The average Bonchev–Trinajstić information content (AvgIpc) is 2.26. The molecule has 0 radical (unpaired) electrons. The third-order valence-corrected chi connectivity index (χ3v) is 2.98. The monoisotopic (exact) mass is 262 g/mol. The highest BCUT2D eigenvalue weighted by molar-refractivity contribution is 6.17. The largest absolute Gasteiger partial charge is 0.477 e. The van der Waals surface area contributed by atoms with Crippen molar-refractivity contribution in [2.24, 2.45) is 5.41 Å². The van der Waals surface area contributed by atoms with Gasteiger partial charge in [-0.25, -0.2) is 9.78 Å². The number of carbonyl (C=O) groups is 3. The second-order valence-electron chi connectivity index (χ2n) is 5.35. The van der Waals surface area contributed by atoms with E-state index in [1.54, 1.807) is 0 Å². The molecule has 2 amide bonds. The molecule has 0 aliphatic carbocycles. The van der Waals surface area contributed by atoms with Crippen molar-refractivity contribution in [2.45, 2.75) is 26.7 Å². The number of hydrogen-bond acceptors (Lipinski definition) is 4. The van der Waals surface area contributed by atoms with Gasteiger partial charge in [0.1, 0.15) is 5.69 Å². The molecule has 1 aromatic rings. The lowest BCUT2D eigenvalue weighted by Gasteiger charge is -2.34. The molecule has 6 nitrogen and oxygen atoms in total. The molecule has 2 rings (SSSR count). The van der Waals surface area contributed by atoms with Crippen LogP contribution in [0.15, 0.2) is 18.3 Å². The molecule has 100 valence electrons. The number of imide groups is 1. The van der Waals surface area contributed by atoms with Crippen molar-refractivity contribution >= 4 is 23.5 Å². The zero-order chi connectivity index (χ0) is 14.2.